The Bertz CT molecular complexity index is 1320. The van der Waals surface area contributed by atoms with Gasteiger partial charge in [0.15, 0.2) is 0 Å². The van der Waals surface area contributed by atoms with E-state index in [2.05, 4.69) is 10.1 Å². The highest BCUT2D eigenvalue weighted by atomic mass is 35.5. The van der Waals surface area contributed by atoms with Crippen LogP contribution >= 0.6 is 11.6 Å². The average molecular weight is 533 g/mol. The van der Waals surface area contributed by atoms with E-state index in [9.17, 15) is 13.2 Å². The first-order valence-corrected chi connectivity index (χ1v) is 13.6. The number of rotatable bonds is 9. The van der Waals surface area contributed by atoms with Crippen molar-refractivity contribution < 1.29 is 22.5 Å². The lowest BCUT2D eigenvalue weighted by molar-refractivity contribution is -0.130. The Balaban J connectivity index is 1.41. The number of aryl methyl sites for hydroxylation is 1. The third-order valence-electron chi connectivity index (χ3n) is 6.19. The van der Waals surface area contributed by atoms with Gasteiger partial charge in [0.1, 0.15) is 5.75 Å². The number of methoxy groups -OCH3 is 1. The Morgan fingerprint density at radius 1 is 1.17 bits per heavy atom. The second-order valence-corrected chi connectivity index (χ2v) is 11.0. The van der Waals surface area contributed by atoms with E-state index in [1.807, 2.05) is 12.1 Å². The summed E-state index contributed by atoms with van der Waals surface area (Å²) in [5, 5.41) is 4.47. The number of hydrogen-bond donors (Lipinski definition) is 0. The molecule has 4 rings (SSSR count). The van der Waals surface area contributed by atoms with Crippen molar-refractivity contribution in [2.24, 2.45) is 0 Å². The summed E-state index contributed by atoms with van der Waals surface area (Å²) in [5.74, 6) is 1.03. The molecule has 1 saturated heterocycles. The molecule has 0 radical (unpaired) electrons. The van der Waals surface area contributed by atoms with Crippen molar-refractivity contribution in [3.05, 3.63) is 58.9 Å². The first-order chi connectivity index (χ1) is 17.3. The highest BCUT2D eigenvalue weighted by Crippen LogP contribution is 2.28. The van der Waals surface area contributed by atoms with E-state index in [1.165, 1.54) is 16.3 Å². The van der Waals surface area contributed by atoms with Crippen LogP contribution in [0.5, 0.6) is 5.75 Å². The number of ether oxygens (including phenoxy) is 1. The third-order valence-corrected chi connectivity index (χ3v) is 8.42. The largest absolute Gasteiger partial charge is 0.496 e. The molecule has 9 nitrogen and oxygen atoms in total. The van der Waals surface area contributed by atoms with Crippen molar-refractivity contribution >= 4 is 27.5 Å². The van der Waals surface area contributed by atoms with E-state index in [0.717, 1.165) is 19.3 Å². The lowest BCUT2D eigenvalue weighted by Crippen LogP contribution is -2.35. The molecular formula is C25H29ClN4O5S. The lowest BCUT2D eigenvalue weighted by atomic mass is 10.1. The molecule has 0 bridgehead atoms. The third kappa shape index (κ3) is 5.88. The van der Waals surface area contributed by atoms with Crippen molar-refractivity contribution in [2.75, 3.05) is 27.2 Å². The zero-order valence-corrected chi connectivity index (χ0v) is 21.9. The maximum Gasteiger partial charge on any atom is 0.246 e. The van der Waals surface area contributed by atoms with Crippen molar-refractivity contribution in [2.45, 2.75) is 43.5 Å². The molecule has 0 spiro atoms. The summed E-state index contributed by atoms with van der Waals surface area (Å²) < 4.78 is 38.4. The lowest BCUT2D eigenvalue weighted by Gasteiger charge is -2.26. The van der Waals surface area contributed by atoms with E-state index < -0.39 is 10.0 Å². The van der Waals surface area contributed by atoms with Crippen LogP contribution in [-0.4, -0.2) is 60.9 Å². The first kappa shape index (κ1) is 26.1. The molecule has 0 N–H and O–H groups in total. The molecule has 0 unspecified atom stereocenters. The van der Waals surface area contributed by atoms with Crippen molar-refractivity contribution in [3.63, 3.8) is 0 Å². The molecule has 2 heterocycles. The second-order valence-electron chi connectivity index (χ2n) is 8.68. The van der Waals surface area contributed by atoms with Crippen LogP contribution in [0, 0.1) is 0 Å². The quantitative estimate of drug-likeness (QED) is 0.407. The van der Waals surface area contributed by atoms with Gasteiger partial charge in [0.05, 0.1) is 23.6 Å². The summed E-state index contributed by atoms with van der Waals surface area (Å²) in [6, 6.07) is 12.0. The summed E-state index contributed by atoms with van der Waals surface area (Å²) in [6.07, 6.45) is 3.25. The van der Waals surface area contributed by atoms with Crippen molar-refractivity contribution in [1.29, 1.82) is 0 Å². The van der Waals surface area contributed by atoms with Crippen LogP contribution in [0.1, 0.15) is 37.1 Å². The molecule has 0 saturated carbocycles. The summed E-state index contributed by atoms with van der Waals surface area (Å²) in [6.45, 7) is 1.19. The topological polar surface area (TPSA) is 106 Å². The van der Waals surface area contributed by atoms with E-state index in [-0.39, 0.29) is 29.7 Å². The fourth-order valence-electron chi connectivity index (χ4n) is 4.16. The molecule has 0 aliphatic carbocycles. The van der Waals surface area contributed by atoms with Crippen LogP contribution in [0.4, 0.5) is 0 Å². The number of hydrogen-bond acceptors (Lipinski definition) is 7. The Morgan fingerprint density at radius 3 is 2.64 bits per heavy atom. The number of aromatic nitrogens is 2. The summed E-state index contributed by atoms with van der Waals surface area (Å²) in [5.41, 5.74) is 1.31. The van der Waals surface area contributed by atoms with E-state index >= 15 is 0 Å². The zero-order valence-electron chi connectivity index (χ0n) is 20.3. The fraction of sp³-hybridized carbons (Fsp3) is 0.400. The van der Waals surface area contributed by atoms with Crippen molar-refractivity contribution in [1.82, 2.24) is 19.3 Å². The standard InChI is InChI=1S/C25H29ClN4O5S/c1-29(17-23-27-25(28-35-23)20-8-4-5-9-21(20)26)24(31)13-10-18-16-19(11-12-22(18)34-2)36(32,33)30-14-6-3-7-15-30/h4-5,8-9,11-12,16H,3,6-7,10,13-15,17H2,1-2H3. The maximum atomic E-state index is 13.1. The minimum Gasteiger partial charge on any atom is -0.496 e. The Labute approximate surface area is 216 Å². The highest BCUT2D eigenvalue weighted by molar-refractivity contribution is 7.89. The Morgan fingerprint density at radius 2 is 1.92 bits per heavy atom. The summed E-state index contributed by atoms with van der Waals surface area (Å²) in [4.78, 5) is 18.9. The van der Waals surface area contributed by atoms with Crippen LogP contribution in [0.2, 0.25) is 5.02 Å². The van der Waals surface area contributed by atoms with Crippen molar-refractivity contribution in [3.8, 4) is 17.1 Å². The molecule has 1 amide bonds. The van der Waals surface area contributed by atoms with Gasteiger partial charge in [-0.05, 0) is 55.2 Å². The van der Waals surface area contributed by atoms with E-state index in [0.29, 0.717) is 47.2 Å². The van der Waals surface area contributed by atoms with E-state index in [4.69, 9.17) is 20.9 Å². The summed E-state index contributed by atoms with van der Waals surface area (Å²) in [7, 11) is -0.409. The maximum absolute atomic E-state index is 13.1. The van der Waals surface area contributed by atoms with Gasteiger partial charge >= 0.3 is 0 Å². The molecule has 1 aliphatic heterocycles. The van der Waals surface area contributed by atoms with Gasteiger partial charge < -0.3 is 14.2 Å². The normalized spacial score (nSPS) is 14.5. The predicted molar refractivity (Wildman–Crippen MR) is 135 cm³/mol. The molecule has 192 valence electrons. The fourth-order valence-corrected chi connectivity index (χ4v) is 5.95. The number of carbonyl (C=O) groups is 1. The molecule has 11 heteroatoms. The molecule has 1 fully saturated rings. The molecule has 0 atom stereocenters. The monoisotopic (exact) mass is 532 g/mol. The van der Waals surface area contributed by atoms with Gasteiger partial charge in [-0.1, -0.05) is 35.3 Å². The van der Waals surface area contributed by atoms with Crippen LogP contribution in [0.15, 0.2) is 51.9 Å². The average Bonchev–Trinajstić information content (AvgIpc) is 3.35. The number of sulfonamides is 1. The van der Waals surface area contributed by atoms with Gasteiger partial charge in [0.25, 0.3) is 0 Å². The Hall–Kier alpha value is -2.95. The molecule has 3 aromatic rings. The van der Waals surface area contributed by atoms with E-state index in [1.54, 1.807) is 37.4 Å². The van der Waals surface area contributed by atoms with Crippen LogP contribution < -0.4 is 4.74 Å². The van der Waals surface area contributed by atoms with Gasteiger partial charge in [-0.25, -0.2) is 8.42 Å². The molecule has 1 aliphatic rings. The molecular weight excluding hydrogens is 504 g/mol. The van der Waals surface area contributed by atoms with Gasteiger partial charge in [0, 0.05) is 32.1 Å². The Kier molecular flexibility index (Phi) is 8.28. The number of carbonyl (C=O) groups excluding carboxylic acids is 1. The van der Waals surface area contributed by atoms with Gasteiger partial charge in [0.2, 0.25) is 27.6 Å². The summed E-state index contributed by atoms with van der Waals surface area (Å²) >= 11 is 6.19. The first-order valence-electron chi connectivity index (χ1n) is 11.8. The highest BCUT2D eigenvalue weighted by Gasteiger charge is 2.27. The molecule has 36 heavy (non-hydrogen) atoms. The van der Waals surface area contributed by atoms with Crippen LogP contribution in [-0.2, 0) is 27.8 Å². The van der Waals surface area contributed by atoms with Gasteiger partial charge in [-0.2, -0.15) is 9.29 Å². The smallest absolute Gasteiger partial charge is 0.246 e. The SMILES string of the molecule is COc1ccc(S(=O)(=O)N2CCCCC2)cc1CCC(=O)N(C)Cc1nc(-c2ccccc2Cl)no1. The second kappa shape index (κ2) is 11.4. The number of amides is 1. The van der Waals surface area contributed by atoms with Crippen LogP contribution in [0.3, 0.4) is 0 Å². The predicted octanol–water partition coefficient (Wildman–Crippen LogP) is 4.16. The minimum absolute atomic E-state index is 0.136. The molecule has 1 aromatic heterocycles. The van der Waals surface area contributed by atoms with Gasteiger partial charge in [-0.15, -0.1) is 0 Å². The van der Waals surface area contributed by atoms with Gasteiger partial charge in [-0.3, -0.25) is 4.79 Å². The minimum atomic E-state index is -3.58. The number of piperidine rings is 1. The number of benzene rings is 2. The number of halogens is 1. The van der Waals surface area contributed by atoms with Crippen LogP contribution in [0.25, 0.3) is 11.4 Å². The molecule has 2 aromatic carbocycles. The zero-order chi connectivity index (χ0) is 25.7. The number of nitrogens with zero attached hydrogens (tertiary/aromatic N) is 4.